The van der Waals surface area contributed by atoms with E-state index in [1.165, 1.54) is 16.7 Å². The number of thioether (sulfide) groups is 1. The second kappa shape index (κ2) is 7.28. The fourth-order valence-corrected chi connectivity index (χ4v) is 3.78. The Morgan fingerprint density at radius 3 is 2.16 bits per heavy atom. The SMILES string of the molecule is Cc1ccc(CN2C(=O)C(SC(C)C)=C(c3ccccc3)C2=O)cc1. The normalized spacial score (nSPS) is 14.8. The van der Waals surface area contributed by atoms with E-state index >= 15 is 0 Å². The highest BCUT2D eigenvalue weighted by Crippen LogP contribution is 2.38. The Labute approximate surface area is 152 Å². The van der Waals surface area contributed by atoms with Crippen LogP contribution in [0.15, 0.2) is 59.5 Å². The third kappa shape index (κ3) is 3.69. The zero-order valence-corrected chi connectivity index (χ0v) is 15.5. The molecule has 3 nitrogen and oxygen atoms in total. The largest absolute Gasteiger partial charge is 0.269 e. The molecular weight excluding hydrogens is 330 g/mol. The van der Waals surface area contributed by atoms with Crippen molar-refractivity contribution in [2.24, 2.45) is 0 Å². The number of carbonyl (C=O) groups excluding carboxylic acids is 2. The molecule has 0 saturated heterocycles. The maximum Gasteiger partial charge on any atom is 0.268 e. The van der Waals surface area contributed by atoms with Crippen molar-refractivity contribution in [3.05, 3.63) is 76.2 Å². The highest BCUT2D eigenvalue weighted by atomic mass is 32.2. The second-order valence-electron chi connectivity index (χ2n) is 6.42. The average molecular weight is 351 g/mol. The molecule has 0 bridgehead atoms. The molecule has 4 heteroatoms. The van der Waals surface area contributed by atoms with Crippen molar-refractivity contribution in [1.82, 2.24) is 4.90 Å². The molecule has 0 aromatic heterocycles. The summed E-state index contributed by atoms with van der Waals surface area (Å²) in [7, 11) is 0. The number of imide groups is 1. The van der Waals surface area contributed by atoms with Gasteiger partial charge in [-0.15, -0.1) is 11.8 Å². The summed E-state index contributed by atoms with van der Waals surface area (Å²) in [4.78, 5) is 27.9. The molecule has 0 spiro atoms. The lowest BCUT2D eigenvalue weighted by atomic mass is 10.1. The van der Waals surface area contributed by atoms with Gasteiger partial charge in [-0.25, -0.2) is 0 Å². The van der Waals surface area contributed by atoms with E-state index in [1.54, 1.807) is 0 Å². The van der Waals surface area contributed by atoms with Crippen LogP contribution in [0.3, 0.4) is 0 Å². The topological polar surface area (TPSA) is 37.4 Å². The second-order valence-corrected chi connectivity index (χ2v) is 8.01. The van der Waals surface area contributed by atoms with Gasteiger partial charge < -0.3 is 0 Å². The van der Waals surface area contributed by atoms with Crippen LogP contribution in [0.5, 0.6) is 0 Å². The number of hydrogen-bond donors (Lipinski definition) is 0. The van der Waals surface area contributed by atoms with Gasteiger partial charge >= 0.3 is 0 Å². The third-order valence-electron chi connectivity index (χ3n) is 4.00. The lowest BCUT2D eigenvalue weighted by Gasteiger charge is -2.15. The summed E-state index contributed by atoms with van der Waals surface area (Å²) in [5.41, 5.74) is 3.43. The van der Waals surface area contributed by atoms with Crippen molar-refractivity contribution >= 4 is 29.1 Å². The molecule has 0 radical (unpaired) electrons. The smallest absolute Gasteiger partial charge is 0.268 e. The Balaban J connectivity index is 1.96. The van der Waals surface area contributed by atoms with Crippen molar-refractivity contribution in [1.29, 1.82) is 0 Å². The van der Waals surface area contributed by atoms with Crippen LogP contribution in [0.4, 0.5) is 0 Å². The molecule has 2 amide bonds. The minimum atomic E-state index is -0.208. The van der Waals surface area contributed by atoms with Gasteiger partial charge in [0.05, 0.1) is 17.0 Å². The van der Waals surface area contributed by atoms with Gasteiger partial charge in [0, 0.05) is 5.25 Å². The number of nitrogens with zero attached hydrogens (tertiary/aromatic N) is 1. The minimum absolute atomic E-state index is 0.192. The molecule has 0 unspecified atom stereocenters. The van der Waals surface area contributed by atoms with Gasteiger partial charge in [0.1, 0.15) is 0 Å². The average Bonchev–Trinajstić information content (AvgIpc) is 2.81. The first kappa shape index (κ1) is 17.5. The van der Waals surface area contributed by atoms with E-state index in [1.807, 2.05) is 75.4 Å². The first-order valence-electron chi connectivity index (χ1n) is 8.35. The van der Waals surface area contributed by atoms with Crippen LogP contribution in [-0.4, -0.2) is 22.0 Å². The van der Waals surface area contributed by atoms with Gasteiger partial charge in [0.2, 0.25) is 0 Å². The Morgan fingerprint density at radius 1 is 0.920 bits per heavy atom. The first-order valence-corrected chi connectivity index (χ1v) is 9.23. The molecule has 2 aromatic carbocycles. The number of benzene rings is 2. The van der Waals surface area contributed by atoms with Gasteiger partial charge in [-0.2, -0.15) is 0 Å². The van der Waals surface area contributed by atoms with Crippen molar-refractivity contribution in [2.45, 2.75) is 32.6 Å². The van der Waals surface area contributed by atoms with Crippen LogP contribution in [0.1, 0.15) is 30.5 Å². The number of carbonyl (C=O) groups is 2. The van der Waals surface area contributed by atoms with E-state index in [2.05, 4.69) is 0 Å². The fraction of sp³-hybridized carbons (Fsp3) is 0.238. The lowest BCUT2D eigenvalue weighted by molar-refractivity contribution is -0.137. The molecule has 0 fully saturated rings. The van der Waals surface area contributed by atoms with E-state index in [-0.39, 0.29) is 17.1 Å². The Morgan fingerprint density at radius 2 is 1.56 bits per heavy atom. The van der Waals surface area contributed by atoms with Gasteiger partial charge in [0.25, 0.3) is 11.8 Å². The molecule has 0 aliphatic carbocycles. The summed E-state index contributed by atoms with van der Waals surface area (Å²) in [6, 6.07) is 17.4. The molecule has 128 valence electrons. The number of hydrogen-bond acceptors (Lipinski definition) is 3. The summed E-state index contributed by atoms with van der Waals surface area (Å²) >= 11 is 1.46. The van der Waals surface area contributed by atoms with Crippen molar-refractivity contribution < 1.29 is 9.59 Å². The first-order chi connectivity index (χ1) is 12.0. The third-order valence-corrected chi connectivity index (χ3v) is 5.09. The highest BCUT2D eigenvalue weighted by molar-refractivity contribution is 8.04. The van der Waals surface area contributed by atoms with Crippen LogP contribution < -0.4 is 0 Å². The van der Waals surface area contributed by atoms with E-state index in [0.717, 1.165) is 16.7 Å². The Kier molecular flexibility index (Phi) is 5.09. The van der Waals surface area contributed by atoms with Gasteiger partial charge in [0.15, 0.2) is 0 Å². The molecule has 1 aliphatic rings. The molecular formula is C21H21NO2S. The minimum Gasteiger partial charge on any atom is -0.269 e. The summed E-state index contributed by atoms with van der Waals surface area (Å²) < 4.78 is 0. The molecule has 2 aromatic rings. The van der Waals surface area contributed by atoms with Crippen molar-refractivity contribution in [2.75, 3.05) is 0 Å². The molecule has 3 rings (SSSR count). The van der Waals surface area contributed by atoms with Crippen LogP contribution in [-0.2, 0) is 16.1 Å². The van der Waals surface area contributed by atoms with Crippen LogP contribution in [0.2, 0.25) is 0 Å². The van der Waals surface area contributed by atoms with E-state index in [4.69, 9.17) is 0 Å². The van der Waals surface area contributed by atoms with Crippen LogP contribution >= 0.6 is 11.8 Å². The number of rotatable bonds is 5. The summed E-state index contributed by atoms with van der Waals surface area (Å²) in [5.74, 6) is -0.400. The van der Waals surface area contributed by atoms with Crippen molar-refractivity contribution in [3.63, 3.8) is 0 Å². The Bertz CT molecular complexity index is 823. The lowest BCUT2D eigenvalue weighted by Crippen LogP contribution is -2.31. The predicted octanol–water partition coefficient (Wildman–Crippen LogP) is 4.42. The summed E-state index contributed by atoms with van der Waals surface area (Å²) in [6.45, 7) is 6.38. The molecule has 1 heterocycles. The van der Waals surface area contributed by atoms with E-state index in [9.17, 15) is 9.59 Å². The predicted molar refractivity (Wildman–Crippen MR) is 103 cm³/mol. The number of amides is 2. The molecule has 0 N–H and O–H groups in total. The highest BCUT2D eigenvalue weighted by Gasteiger charge is 2.39. The van der Waals surface area contributed by atoms with E-state index < -0.39 is 0 Å². The van der Waals surface area contributed by atoms with Gasteiger partial charge in [-0.3, -0.25) is 14.5 Å². The quantitative estimate of drug-likeness (QED) is 0.749. The summed E-state index contributed by atoms with van der Waals surface area (Å²) in [5, 5.41) is 0.227. The maximum atomic E-state index is 13.0. The zero-order chi connectivity index (χ0) is 18.0. The van der Waals surface area contributed by atoms with Gasteiger partial charge in [-0.1, -0.05) is 74.0 Å². The van der Waals surface area contributed by atoms with Gasteiger partial charge in [-0.05, 0) is 18.1 Å². The van der Waals surface area contributed by atoms with Crippen LogP contribution in [0, 0.1) is 6.92 Å². The molecule has 0 atom stereocenters. The Hall–Kier alpha value is -2.33. The fourth-order valence-electron chi connectivity index (χ4n) is 2.78. The molecule has 25 heavy (non-hydrogen) atoms. The molecule has 1 aliphatic heterocycles. The van der Waals surface area contributed by atoms with E-state index in [0.29, 0.717) is 17.0 Å². The molecule has 0 saturated carbocycles. The monoisotopic (exact) mass is 351 g/mol. The van der Waals surface area contributed by atoms with Crippen molar-refractivity contribution in [3.8, 4) is 0 Å². The summed E-state index contributed by atoms with van der Waals surface area (Å²) in [6.07, 6.45) is 0. The zero-order valence-electron chi connectivity index (χ0n) is 14.7. The number of aryl methyl sites for hydroxylation is 1. The van der Waals surface area contributed by atoms with Crippen LogP contribution in [0.25, 0.3) is 5.57 Å². The maximum absolute atomic E-state index is 13.0. The standard InChI is InChI=1S/C21H21NO2S/c1-14(2)25-19-18(17-7-5-4-6-8-17)20(23)22(21(19)24)13-16-11-9-15(3)10-12-16/h4-12,14H,13H2,1-3H3.